The first-order chi connectivity index (χ1) is 12.3. The summed E-state index contributed by atoms with van der Waals surface area (Å²) in [5.74, 6) is 0.732. The molecule has 2 aromatic rings. The average molecular weight is 411 g/mol. The van der Waals surface area contributed by atoms with E-state index in [-0.39, 0.29) is 17.6 Å². The predicted octanol–water partition coefficient (Wildman–Crippen LogP) is 5.32. The van der Waals surface area contributed by atoms with Crippen molar-refractivity contribution in [2.75, 3.05) is 11.9 Å². The molecule has 0 unspecified atom stereocenters. The molecular formula is C19H20Cl2N2O2S. The quantitative estimate of drug-likeness (QED) is 0.654. The van der Waals surface area contributed by atoms with Gasteiger partial charge in [0.05, 0.1) is 10.0 Å². The minimum Gasteiger partial charge on any atom is -0.484 e. The molecule has 0 atom stereocenters. The first kappa shape index (κ1) is 20.5. The summed E-state index contributed by atoms with van der Waals surface area (Å²) in [6.45, 7) is 6.17. The third-order valence-corrected chi connectivity index (χ3v) is 4.61. The van der Waals surface area contributed by atoms with Gasteiger partial charge in [0.15, 0.2) is 11.7 Å². The molecular weight excluding hydrogens is 391 g/mol. The van der Waals surface area contributed by atoms with Crippen LogP contribution >= 0.6 is 35.4 Å². The van der Waals surface area contributed by atoms with Crippen LogP contribution in [0.3, 0.4) is 0 Å². The summed E-state index contributed by atoms with van der Waals surface area (Å²) < 4.78 is 5.53. The van der Waals surface area contributed by atoms with Gasteiger partial charge in [-0.3, -0.25) is 10.1 Å². The van der Waals surface area contributed by atoms with Gasteiger partial charge in [-0.15, -0.1) is 0 Å². The lowest BCUT2D eigenvalue weighted by Crippen LogP contribution is -2.37. The second-order valence-corrected chi connectivity index (χ2v) is 7.32. The van der Waals surface area contributed by atoms with Gasteiger partial charge < -0.3 is 10.1 Å². The molecule has 0 spiro atoms. The molecule has 0 aliphatic carbocycles. The maximum absolute atomic E-state index is 12.0. The molecule has 0 aliphatic heterocycles. The van der Waals surface area contributed by atoms with Crippen molar-refractivity contribution >= 4 is 52.1 Å². The Morgan fingerprint density at radius 1 is 1.15 bits per heavy atom. The van der Waals surface area contributed by atoms with E-state index in [1.807, 2.05) is 25.1 Å². The average Bonchev–Trinajstić information content (AvgIpc) is 2.56. The van der Waals surface area contributed by atoms with E-state index in [4.69, 9.17) is 40.2 Å². The fraction of sp³-hybridized carbons (Fsp3) is 0.263. The molecule has 0 aromatic heterocycles. The summed E-state index contributed by atoms with van der Waals surface area (Å²) in [7, 11) is 0. The van der Waals surface area contributed by atoms with Crippen LogP contribution in [0, 0.1) is 6.92 Å². The van der Waals surface area contributed by atoms with Crippen LogP contribution in [0.1, 0.15) is 30.9 Å². The van der Waals surface area contributed by atoms with Crippen LogP contribution in [0.25, 0.3) is 0 Å². The number of carbonyl (C=O) groups is 1. The number of benzene rings is 2. The van der Waals surface area contributed by atoms with Gasteiger partial charge in [-0.2, -0.15) is 0 Å². The Bertz CT molecular complexity index is 825. The minimum absolute atomic E-state index is 0.135. The Morgan fingerprint density at radius 3 is 2.50 bits per heavy atom. The molecule has 0 bridgehead atoms. The lowest BCUT2D eigenvalue weighted by molar-refractivity contribution is -0.121. The van der Waals surface area contributed by atoms with Gasteiger partial charge in [0, 0.05) is 5.69 Å². The third-order valence-electron chi connectivity index (χ3n) is 3.66. The summed E-state index contributed by atoms with van der Waals surface area (Å²) >= 11 is 16.9. The monoisotopic (exact) mass is 410 g/mol. The fourth-order valence-electron chi connectivity index (χ4n) is 2.43. The lowest BCUT2D eigenvalue weighted by Gasteiger charge is -2.13. The minimum atomic E-state index is -0.354. The van der Waals surface area contributed by atoms with Crippen molar-refractivity contribution < 1.29 is 9.53 Å². The number of ether oxygens (including phenoxy) is 1. The molecule has 2 N–H and O–H groups in total. The molecule has 2 aromatic carbocycles. The highest BCUT2D eigenvalue weighted by molar-refractivity contribution is 7.80. The maximum Gasteiger partial charge on any atom is 0.264 e. The van der Waals surface area contributed by atoms with E-state index < -0.39 is 0 Å². The second kappa shape index (κ2) is 9.21. The summed E-state index contributed by atoms with van der Waals surface area (Å²) in [4.78, 5) is 12.0. The first-order valence-corrected chi connectivity index (χ1v) is 9.22. The Balaban J connectivity index is 1.85. The van der Waals surface area contributed by atoms with Gasteiger partial charge in [0.25, 0.3) is 5.91 Å². The van der Waals surface area contributed by atoms with Gasteiger partial charge in [-0.25, -0.2) is 0 Å². The number of halogens is 2. The van der Waals surface area contributed by atoms with Crippen LogP contribution in [0.5, 0.6) is 5.75 Å². The van der Waals surface area contributed by atoms with Crippen LogP contribution in [0.4, 0.5) is 5.69 Å². The van der Waals surface area contributed by atoms with E-state index in [0.717, 1.165) is 5.56 Å². The molecule has 0 saturated heterocycles. The smallest absolute Gasteiger partial charge is 0.264 e. The van der Waals surface area contributed by atoms with E-state index in [2.05, 4.69) is 24.5 Å². The van der Waals surface area contributed by atoms with Crippen molar-refractivity contribution in [2.24, 2.45) is 0 Å². The molecule has 138 valence electrons. The number of anilines is 1. The maximum atomic E-state index is 12.0. The SMILES string of the molecule is Cc1cc(OCC(=O)NC(=S)Nc2ccc(Cl)c(Cl)c2)ccc1C(C)C. The number of rotatable bonds is 5. The van der Waals surface area contributed by atoms with Crippen molar-refractivity contribution in [3.8, 4) is 5.75 Å². The second-order valence-electron chi connectivity index (χ2n) is 6.09. The summed E-state index contributed by atoms with van der Waals surface area (Å²) in [6.07, 6.45) is 0. The number of nitrogens with one attached hydrogen (secondary N) is 2. The van der Waals surface area contributed by atoms with E-state index in [0.29, 0.717) is 27.4 Å². The zero-order valence-corrected chi connectivity index (χ0v) is 17.1. The van der Waals surface area contributed by atoms with Crippen molar-refractivity contribution in [2.45, 2.75) is 26.7 Å². The normalized spacial score (nSPS) is 10.5. The number of carbonyl (C=O) groups excluding carboxylic acids is 1. The van der Waals surface area contributed by atoms with Crippen molar-refractivity contribution in [1.29, 1.82) is 0 Å². The van der Waals surface area contributed by atoms with Crippen LogP contribution in [0.2, 0.25) is 10.0 Å². The number of thiocarbonyl (C=S) groups is 1. The fourth-order valence-corrected chi connectivity index (χ4v) is 2.96. The molecule has 0 aliphatic rings. The number of aryl methyl sites for hydroxylation is 1. The zero-order valence-electron chi connectivity index (χ0n) is 14.7. The Kier molecular flexibility index (Phi) is 7.26. The van der Waals surface area contributed by atoms with Crippen molar-refractivity contribution in [3.05, 3.63) is 57.6 Å². The zero-order chi connectivity index (χ0) is 19.3. The molecule has 7 heteroatoms. The van der Waals surface area contributed by atoms with Gasteiger partial charge in [-0.1, -0.05) is 43.1 Å². The number of hydrogen-bond donors (Lipinski definition) is 2. The van der Waals surface area contributed by atoms with E-state index >= 15 is 0 Å². The topological polar surface area (TPSA) is 50.4 Å². The molecule has 0 saturated carbocycles. The molecule has 1 amide bonds. The molecule has 4 nitrogen and oxygen atoms in total. The standard InChI is InChI=1S/C19H20Cl2N2O2S/c1-11(2)15-6-5-14(8-12(15)3)25-10-18(24)23-19(26)22-13-4-7-16(20)17(21)9-13/h4-9,11H,10H2,1-3H3,(H2,22,23,24,26). The number of amides is 1. The lowest BCUT2D eigenvalue weighted by atomic mass is 9.98. The van der Waals surface area contributed by atoms with Crippen molar-refractivity contribution in [3.63, 3.8) is 0 Å². The van der Waals surface area contributed by atoms with Crippen LogP contribution < -0.4 is 15.4 Å². The van der Waals surface area contributed by atoms with Gasteiger partial charge in [-0.05, 0) is 66.5 Å². The Labute approximate surface area is 168 Å². The number of hydrogen-bond acceptors (Lipinski definition) is 3. The van der Waals surface area contributed by atoms with Gasteiger partial charge in [0.1, 0.15) is 5.75 Å². The van der Waals surface area contributed by atoms with Crippen LogP contribution in [0.15, 0.2) is 36.4 Å². The van der Waals surface area contributed by atoms with E-state index in [1.54, 1.807) is 18.2 Å². The van der Waals surface area contributed by atoms with Crippen molar-refractivity contribution in [1.82, 2.24) is 5.32 Å². The van der Waals surface area contributed by atoms with Gasteiger partial charge >= 0.3 is 0 Å². The molecule has 26 heavy (non-hydrogen) atoms. The summed E-state index contributed by atoms with van der Waals surface area (Å²) in [5, 5.41) is 6.42. The van der Waals surface area contributed by atoms with E-state index in [9.17, 15) is 4.79 Å². The largest absolute Gasteiger partial charge is 0.484 e. The molecule has 0 heterocycles. The highest BCUT2D eigenvalue weighted by atomic mass is 35.5. The Morgan fingerprint density at radius 2 is 1.88 bits per heavy atom. The van der Waals surface area contributed by atoms with Gasteiger partial charge in [0.2, 0.25) is 0 Å². The summed E-state index contributed by atoms with van der Waals surface area (Å²) in [6, 6.07) is 10.8. The predicted molar refractivity (Wildman–Crippen MR) is 112 cm³/mol. The molecule has 0 radical (unpaired) electrons. The third kappa shape index (κ3) is 5.87. The summed E-state index contributed by atoms with van der Waals surface area (Å²) in [5.41, 5.74) is 3.02. The first-order valence-electron chi connectivity index (χ1n) is 8.05. The van der Waals surface area contributed by atoms with E-state index in [1.165, 1.54) is 5.56 Å². The van der Waals surface area contributed by atoms with Crippen LogP contribution in [-0.2, 0) is 4.79 Å². The highest BCUT2D eigenvalue weighted by Crippen LogP contribution is 2.25. The highest BCUT2D eigenvalue weighted by Gasteiger charge is 2.09. The molecule has 0 fully saturated rings. The molecule has 2 rings (SSSR count). The van der Waals surface area contributed by atoms with Crippen LogP contribution in [-0.4, -0.2) is 17.6 Å². The Hall–Kier alpha value is -1.82.